The third-order valence-electron chi connectivity index (χ3n) is 5.10. The number of aliphatic hydroxyl groups excluding tert-OH is 1. The van der Waals surface area contributed by atoms with Crippen LogP contribution in [-0.4, -0.2) is 51.4 Å². The average Bonchev–Trinajstić information content (AvgIpc) is 3.10. The smallest absolute Gasteiger partial charge is 0.260 e. The number of nitrogens with one attached hydrogen (secondary N) is 1. The Morgan fingerprint density at radius 3 is 2.56 bits per heavy atom. The van der Waals surface area contributed by atoms with Crippen molar-refractivity contribution in [2.75, 3.05) is 19.7 Å². The number of rotatable bonds is 9. The van der Waals surface area contributed by atoms with E-state index in [1.807, 2.05) is 57.3 Å². The third kappa shape index (κ3) is 6.48. The maximum absolute atomic E-state index is 13.0. The Morgan fingerprint density at radius 2 is 1.91 bits per heavy atom. The van der Waals surface area contributed by atoms with Crippen LogP contribution in [0.3, 0.4) is 0 Å². The van der Waals surface area contributed by atoms with E-state index in [0.717, 1.165) is 28.1 Å². The van der Waals surface area contributed by atoms with Gasteiger partial charge in [-0.25, -0.2) is 4.98 Å². The Morgan fingerprint density at radius 1 is 1.19 bits per heavy atom. The van der Waals surface area contributed by atoms with Crippen LogP contribution in [0.2, 0.25) is 0 Å². The van der Waals surface area contributed by atoms with Crippen LogP contribution in [0, 0.1) is 12.8 Å². The molecule has 3 aromatic rings. The topological polar surface area (TPSA) is 78.5 Å². The first-order valence-corrected chi connectivity index (χ1v) is 12.0. The number of benzene rings is 1. The van der Waals surface area contributed by atoms with Gasteiger partial charge in [-0.05, 0) is 44.7 Å². The van der Waals surface area contributed by atoms with E-state index in [0.29, 0.717) is 30.2 Å². The maximum Gasteiger partial charge on any atom is 0.260 e. The number of fused-ring (bicyclic) bond motifs is 1. The van der Waals surface area contributed by atoms with Crippen molar-refractivity contribution in [1.82, 2.24) is 14.9 Å². The fourth-order valence-corrected chi connectivity index (χ4v) is 4.73. The fraction of sp³-hybridized carbons (Fsp3) is 0.520. The van der Waals surface area contributed by atoms with E-state index in [9.17, 15) is 9.90 Å². The summed E-state index contributed by atoms with van der Waals surface area (Å²) < 4.78 is 5.73. The molecule has 7 heteroatoms. The van der Waals surface area contributed by atoms with Gasteiger partial charge in [0.15, 0.2) is 0 Å². The molecule has 1 aromatic carbocycles. The zero-order valence-corrected chi connectivity index (χ0v) is 20.8. The van der Waals surface area contributed by atoms with Crippen LogP contribution in [-0.2, 0) is 11.3 Å². The number of hydrogen-bond donors (Lipinski definition) is 2. The number of thiophene rings is 1. The van der Waals surface area contributed by atoms with Gasteiger partial charge in [0.2, 0.25) is 0 Å². The molecule has 2 N–H and O–H groups in total. The number of H-pyrrole nitrogens is 1. The summed E-state index contributed by atoms with van der Waals surface area (Å²) in [4.78, 5) is 23.6. The number of nitrogens with zero attached hydrogens (tertiary/aromatic N) is 2. The normalized spacial score (nSPS) is 13.4. The summed E-state index contributed by atoms with van der Waals surface area (Å²) in [5.41, 5.74) is 2.70. The Balaban J connectivity index is 1.83. The van der Waals surface area contributed by atoms with Crippen molar-refractivity contribution in [3.05, 3.63) is 51.4 Å². The lowest BCUT2D eigenvalue weighted by atomic mass is 10.0. The van der Waals surface area contributed by atoms with Crippen molar-refractivity contribution in [2.45, 2.75) is 59.8 Å². The maximum atomic E-state index is 13.0. The van der Waals surface area contributed by atoms with Crippen LogP contribution in [0.1, 0.15) is 46.0 Å². The molecule has 0 saturated heterocycles. The van der Waals surface area contributed by atoms with Gasteiger partial charge in [0.05, 0.1) is 30.2 Å². The van der Waals surface area contributed by atoms with Crippen molar-refractivity contribution < 1.29 is 9.84 Å². The summed E-state index contributed by atoms with van der Waals surface area (Å²) >= 11 is 1.49. The molecule has 0 radical (unpaired) electrons. The summed E-state index contributed by atoms with van der Waals surface area (Å²) in [5, 5.41) is 13.2. The van der Waals surface area contributed by atoms with Crippen molar-refractivity contribution in [2.24, 2.45) is 5.92 Å². The highest BCUT2D eigenvalue weighted by Gasteiger charge is 2.20. The molecule has 0 aliphatic carbocycles. The number of aryl methyl sites for hydroxylation is 1. The molecule has 1 unspecified atom stereocenters. The van der Waals surface area contributed by atoms with Crippen molar-refractivity contribution in [1.29, 1.82) is 0 Å². The Bertz CT molecular complexity index is 1100. The van der Waals surface area contributed by atoms with Gasteiger partial charge in [-0.2, -0.15) is 0 Å². The number of aliphatic hydroxyl groups is 1. The van der Waals surface area contributed by atoms with Gasteiger partial charge >= 0.3 is 0 Å². The summed E-state index contributed by atoms with van der Waals surface area (Å²) in [6.07, 6.45) is -0.613. The second-order valence-corrected chi connectivity index (χ2v) is 10.7. The standard InChI is InChI=1S/C25H35N3O3S/c1-16(2)11-28(12-18(29)14-31-25(4,5)6)13-21-26-23(30)22-20(15-32-24(22)27-21)19-10-8-7-9-17(19)3/h7-10,15-16,18,29H,11-14H2,1-6H3,(H,26,27,30). The minimum atomic E-state index is -0.613. The van der Waals surface area contributed by atoms with Crippen molar-refractivity contribution in [3.63, 3.8) is 0 Å². The molecule has 2 heterocycles. The number of aromatic nitrogens is 2. The first kappa shape index (κ1) is 24.6. The summed E-state index contributed by atoms with van der Waals surface area (Å²) in [5.74, 6) is 1.03. The molecule has 0 fully saturated rings. The van der Waals surface area contributed by atoms with Crippen molar-refractivity contribution in [3.8, 4) is 11.1 Å². The molecule has 6 nitrogen and oxygen atoms in total. The predicted octanol–water partition coefficient (Wildman–Crippen LogP) is 4.59. The zero-order valence-electron chi connectivity index (χ0n) is 19.9. The highest BCUT2D eigenvalue weighted by molar-refractivity contribution is 7.17. The number of ether oxygens (including phenoxy) is 1. The van der Waals surface area contributed by atoms with E-state index >= 15 is 0 Å². The molecule has 174 valence electrons. The molecular formula is C25H35N3O3S. The molecule has 32 heavy (non-hydrogen) atoms. The predicted molar refractivity (Wildman–Crippen MR) is 132 cm³/mol. The average molecular weight is 458 g/mol. The monoisotopic (exact) mass is 457 g/mol. The van der Waals surface area contributed by atoms with Gasteiger partial charge in [-0.15, -0.1) is 11.3 Å². The SMILES string of the molecule is Cc1ccccc1-c1csc2nc(CN(CC(C)C)CC(O)COC(C)(C)C)[nH]c(=O)c12. The minimum Gasteiger partial charge on any atom is -0.389 e. The summed E-state index contributed by atoms with van der Waals surface area (Å²) in [6.45, 7) is 14.2. The van der Waals surface area contributed by atoms with Gasteiger partial charge in [-0.3, -0.25) is 9.69 Å². The van der Waals surface area contributed by atoms with E-state index in [4.69, 9.17) is 9.72 Å². The van der Waals surface area contributed by atoms with Crippen molar-refractivity contribution >= 4 is 21.6 Å². The van der Waals surface area contributed by atoms with Gasteiger partial charge in [-0.1, -0.05) is 38.1 Å². The second kappa shape index (κ2) is 10.3. The molecule has 1 atom stereocenters. The lowest BCUT2D eigenvalue weighted by Crippen LogP contribution is -2.39. The van der Waals surface area contributed by atoms with E-state index < -0.39 is 6.10 Å². The van der Waals surface area contributed by atoms with Gasteiger partial charge in [0.25, 0.3) is 5.56 Å². The fourth-order valence-electron chi connectivity index (χ4n) is 3.77. The van der Waals surface area contributed by atoms with Gasteiger partial charge in [0, 0.05) is 24.0 Å². The van der Waals surface area contributed by atoms with Crippen LogP contribution < -0.4 is 5.56 Å². The molecule has 0 amide bonds. The minimum absolute atomic E-state index is 0.120. The van der Waals surface area contributed by atoms with E-state index in [-0.39, 0.29) is 17.8 Å². The highest BCUT2D eigenvalue weighted by atomic mass is 32.1. The lowest BCUT2D eigenvalue weighted by Gasteiger charge is -2.28. The molecule has 3 rings (SSSR count). The summed E-state index contributed by atoms with van der Waals surface area (Å²) in [7, 11) is 0. The molecule has 0 aliphatic rings. The summed E-state index contributed by atoms with van der Waals surface area (Å²) in [6, 6.07) is 8.07. The molecule has 0 saturated carbocycles. The first-order valence-electron chi connectivity index (χ1n) is 11.1. The largest absolute Gasteiger partial charge is 0.389 e. The Kier molecular flexibility index (Phi) is 7.88. The first-order chi connectivity index (χ1) is 15.0. The second-order valence-electron chi connectivity index (χ2n) is 9.82. The number of aromatic amines is 1. The van der Waals surface area contributed by atoms with E-state index in [2.05, 4.69) is 23.7 Å². The van der Waals surface area contributed by atoms with Crippen LogP contribution in [0.15, 0.2) is 34.4 Å². The third-order valence-corrected chi connectivity index (χ3v) is 5.97. The van der Waals surface area contributed by atoms with Crippen LogP contribution in [0.4, 0.5) is 0 Å². The van der Waals surface area contributed by atoms with Gasteiger partial charge < -0.3 is 14.8 Å². The molecule has 0 spiro atoms. The zero-order chi connectivity index (χ0) is 23.5. The number of hydrogen-bond acceptors (Lipinski definition) is 6. The Hall–Kier alpha value is -2.06. The quantitative estimate of drug-likeness (QED) is 0.491. The molecule has 2 aromatic heterocycles. The Labute approximate surface area is 194 Å². The van der Waals surface area contributed by atoms with Crippen LogP contribution >= 0.6 is 11.3 Å². The lowest BCUT2D eigenvalue weighted by molar-refractivity contribution is -0.0574. The van der Waals surface area contributed by atoms with Crippen LogP contribution in [0.25, 0.3) is 21.3 Å². The highest BCUT2D eigenvalue weighted by Crippen LogP contribution is 2.32. The van der Waals surface area contributed by atoms with E-state index in [1.165, 1.54) is 11.3 Å². The van der Waals surface area contributed by atoms with E-state index in [1.54, 1.807) is 0 Å². The molecule has 0 bridgehead atoms. The molecular weight excluding hydrogens is 422 g/mol. The van der Waals surface area contributed by atoms with Gasteiger partial charge in [0.1, 0.15) is 10.7 Å². The van der Waals surface area contributed by atoms with Crippen LogP contribution in [0.5, 0.6) is 0 Å². The molecule has 0 aliphatic heterocycles.